The average Bonchev–Trinajstić information content (AvgIpc) is 1.58. The summed E-state index contributed by atoms with van der Waals surface area (Å²) in [5, 5.41) is 59.4. The zero-order chi connectivity index (χ0) is 71.8. The Morgan fingerprint density at radius 1 is 0.590 bits per heavy atom. The average molecular weight is 1490 g/mol. The van der Waals surface area contributed by atoms with E-state index in [0.717, 1.165) is 56.6 Å². The van der Waals surface area contributed by atoms with E-state index in [0.29, 0.717) is 109 Å². The van der Waals surface area contributed by atoms with Crippen LogP contribution >= 0.6 is 39.7 Å². The maximum Gasteiger partial charge on any atom is 0.490 e. The molecule has 0 spiro atoms. The number of unbranched alkanes of at least 4 members (excludes halogenated alkanes) is 2. The lowest BCUT2D eigenvalue weighted by Crippen LogP contribution is -2.59. The van der Waals surface area contributed by atoms with Crippen molar-refractivity contribution in [2.24, 2.45) is 0 Å². The van der Waals surface area contributed by atoms with Crippen LogP contribution in [0.4, 0.5) is 52.4 Å². The van der Waals surface area contributed by atoms with Crippen LogP contribution in [0.1, 0.15) is 70.2 Å². The largest absolute Gasteiger partial charge is 0.490 e. The number of alkyl halides is 3. The van der Waals surface area contributed by atoms with Crippen molar-refractivity contribution in [1.29, 1.82) is 10.5 Å². The van der Waals surface area contributed by atoms with E-state index < -0.39 is 35.4 Å². The predicted molar refractivity (Wildman–Crippen MR) is 373 cm³/mol. The fraction of sp³-hybridized carbons (Fsp3) is 0.300. The summed E-state index contributed by atoms with van der Waals surface area (Å²) in [5.41, 5.74) is 9.92. The van der Waals surface area contributed by atoms with E-state index in [1.165, 1.54) is 46.9 Å². The van der Waals surface area contributed by atoms with Crippen LogP contribution in [0.15, 0.2) is 120 Å². The highest BCUT2D eigenvalue weighted by Crippen LogP contribution is 2.41. The Labute approximate surface area is 591 Å². The number of carbonyl (C=O) groups is 3. The van der Waals surface area contributed by atoms with E-state index in [2.05, 4.69) is 31.9 Å². The Balaban J connectivity index is 0.000000254. The number of anilines is 2. The number of nitrogens with one attached hydrogen (secondary N) is 2. The Kier molecular flexibility index (Phi) is 27.4. The Bertz CT molecular complexity index is 4070. The molecule has 4 heterocycles. The molecule has 2 unspecified atom stereocenters. The Morgan fingerprint density at radius 2 is 0.940 bits per heavy atom. The number of quaternary nitrogens is 2. The van der Waals surface area contributed by atoms with Crippen LogP contribution in [0.3, 0.4) is 0 Å². The molecule has 0 amide bonds. The van der Waals surface area contributed by atoms with Gasteiger partial charge in [0.15, 0.2) is 24.7 Å². The third kappa shape index (κ3) is 19.1. The fourth-order valence-electron chi connectivity index (χ4n) is 11.5. The van der Waals surface area contributed by atoms with Gasteiger partial charge in [0, 0.05) is 83.3 Å². The highest BCUT2D eigenvalue weighted by molar-refractivity contribution is 8.93. The maximum atomic E-state index is 15.7. The Hall–Kier alpha value is -9.34. The normalized spacial score (nSPS) is 15.4. The number of nitrogens with zero attached hydrogens (tertiary/aromatic N) is 10. The van der Waals surface area contributed by atoms with Gasteiger partial charge < -0.3 is 35.4 Å². The van der Waals surface area contributed by atoms with Crippen molar-refractivity contribution in [3.05, 3.63) is 188 Å². The van der Waals surface area contributed by atoms with Crippen LogP contribution in [-0.2, 0) is 27.5 Å². The third-order valence-electron chi connectivity index (χ3n) is 15.8. The molecule has 0 saturated carbocycles. The number of nitriles is 2. The minimum absolute atomic E-state index is 0. The molecule has 526 valence electrons. The van der Waals surface area contributed by atoms with Crippen molar-refractivity contribution in [3.63, 3.8) is 0 Å². The molecule has 0 fully saturated rings. The number of aliphatic hydroxyl groups excluding tert-OH is 2. The van der Waals surface area contributed by atoms with Crippen molar-refractivity contribution in [2.45, 2.75) is 72.6 Å². The summed E-state index contributed by atoms with van der Waals surface area (Å²) in [7, 11) is 3.36. The molecule has 6 aromatic carbocycles. The maximum absolute atomic E-state index is 15.7. The molecule has 0 saturated heterocycles. The molecule has 0 aliphatic carbocycles. The predicted octanol–water partition coefficient (Wildman–Crippen LogP) is 12.0. The highest BCUT2D eigenvalue weighted by atomic mass is 79.9. The van der Waals surface area contributed by atoms with Gasteiger partial charge in [-0.1, -0.05) is 56.1 Å². The van der Waals surface area contributed by atoms with Crippen molar-refractivity contribution >= 4 is 91.9 Å². The van der Waals surface area contributed by atoms with Gasteiger partial charge in [0.1, 0.15) is 36.2 Å². The van der Waals surface area contributed by atoms with Crippen LogP contribution in [0.2, 0.25) is 0 Å². The number of hydrogen-bond donors (Lipinski definition) is 5. The van der Waals surface area contributed by atoms with E-state index in [1.807, 2.05) is 110 Å². The quantitative estimate of drug-likeness (QED) is 0.00943. The van der Waals surface area contributed by atoms with Crippen LogP contribution in [-0.4, -0.2) is 138 Å². The van der Waals surface area contributed by atoms with Gasteiger partial charge in [-0.3, -0.25) is 9.59 Å². The minimum atomic E-state index is -5.08. The van der Waals surface area contributed by atoms with Crippen LogP contribution in [0.5, 0.6) is 11.5 Å². The first-order chi connectivity index (χ1) is 47.3. The highest BCUT2D eigenvalue weighted by Gasteiger charge is 2.53. The molecule has 100 heavy (non-hydrogen) atoms. The van der Waals surface area contributed by atoms with E-state index in [-0.39, 0.29) is 75.8 Å². The van der Waals surface area contributed by atoms with Crippen molar-refractivity contribution in [2.75, 3.05) is 76.8 Å². The molecule has 10 rings (SSSR count). The molecule has 0 radical (unpaired) electrons. The summed E-state index contributed by atoms with van der Waals surface area (Å²) >= 11 is 2.82. The molecule has 0 bridgehead atoms. The summed E-state index contributed by atoms with van der Waals surface area (Å²) in [6.07, 6.45) is 0.916. The number of carbonyl (C=O) groups excluding carboxylic acids is 2. The molecule has 20 nitrogen and oxygen atoms in total. The molecule has 2 aliphatic rings. The van der Waals surface area contributed by atoms with Crippen LogP contribution < -0.4 is 39.3 Å². The van der Waals surface area contributed by atoms with E-state index >= 15 is 8.78 Å². The molecular formula is C70H74BrF7N12O8S2+4. The van der Waals surface area contributed by atoms with Crippen molar-refractivity contribution in [1.82, 2.24) is 29.8 Å². The first-order valence-electron chi connectivity index (χ1n) is 31.1. The number of benzene rings is 6. The van der Waals surface area contributed by atoms with Gasteiger partial charge in [-0.15, -0.1) is 27.0 Å². The number of ether oxygens (including phenoxy) is 2. The second-order valence-electron chi connectivity index (χ2n) is 23.3. The molecule has 2 aliphatic heterocycles. The number of carboxylic acids is 1. The molecule has 2 aromatic heterocycles. The number of aryl methyl sites for hydroxylation is 4. The van der Waals surface area contributed by atoms with Gasteiger partial charge in [-0.05, 0) is 138 Å². The molecule has 30 heteroatoms. The number of aliphatic carboxylic acids is 1. The van der Waals surface area contributed by atoms with Gasteiger partial charge in [0.05, 0.1) is 47.7 Å². The number of aliphatic hydroxyl groups is 2. The number of aromatic nitrogens is 2. The zero-order valence-corrected chi connectivity index (χ0v) is 58.7. The minimum Gasteiger partial charge on any atom is -0.475 e. The summed E-state index contributed by atoms with van der Waals surface area (Å²) in [6.45, 7) is 10.1. The fourth-order valence-corrected chi connectivity index (χ4v) is 13.3. The summed E-state index contributed by atoms with van der Waals surface area (Å²) in [4.78, 5) is 43.1. The van der Waals surface area contributed by atoms with Crippen LogP contribution in [0.25, 0.3) is 22.5 Å². The molecule has 5 N–H and O–H groups in total. The second-order valence-corrected chi connectivity index (χ2v) is 25.0. The summed E-state index contributed by atoms with van der Waals surface area (Å²) in [6, 6.07) is 33.6. The molecule has 8 aromatic rings. The van der Waals surface area contributed by atoms with Crippen molar-refractivity contribution in [3.8, 4) is 46.2 Å². The van der Waals surface area contributed by atoms with Gasteiger partial charge in [0.2, 0.25) is 21.6 Å². The van der Waals surface area contributed by atoms with Gasteiger partial charge in [-0.25, -0.2) is 32.3 Å². The number of rotatable bonds is 24. The SMILES string of the molecule is Br.CNCC(=O)Oc1c(C)cc(C[N+]2=C[N+](CCCCO)(c3ccc(F)cc3F)N(c3nc(-c4ccc(C#N)cc4)cs3)C2)cc1C.CNCC(=O)Oc1c(C)cc(C[N+]2=C[N+](CCCCO)(c3ccc(F)cc3F)N(c3nc(-c4ccc(C#N)cc4)cs3)C2)cc1C.O=C(O)C(F)(F)F. The second kappa shape index (κ2) is 35.1. The number of esters is 2. The Morgan fingerprint density at radius 3 is 1.24 bits per heavy atom. The molecule has 2 atom stereocenters. The number of likely N-dealkylation sites (N-methyl/N-ethyl adjacent to an activating group) is 2. The lowest BCUT2D eigenvalue weighted by molar-refractivity contribution is -0.531. The monoisotopic (exact) mass is 1490 g/mol. The number of carboxylic acid groups (broad SMARTS) is 1. The number of hydrogen-bond acceptors (Lipinski definition) is 17. The smallest absolute Gasteiger partial charge is 0.475 e. The third-order valence-corrected chi connectivity index (χ3v) is 17.6. The topological polar surface area (TPSA) is 240 Å². The van der Waals surface area contributed by atoms with E-state index in [4.69, 9.17) is 29.3 Å². The zero-order valence-electron chi connectivity index (χ0n) is 55.3. The van der Waals surface area contributed by atoms with Gasteiger partial charge in [0.25, 0.3) is 13.3 Å². The number of halogens is 8. The standard InChI is InChI=1S/2C34H36F2N6O3S.C2HF3O2.BrH/c2*1-23-14-26(15-24(2)33(23)45-32(44)18-38-3)19-40-21-41(34-39-30(20-46-34)27-8-6-25(17-37)7-9-27)42(22-40,12-4-5-13-43)31-11-10-28(35)16-29(31)36;3-2(4,5)1(6)7;/h2*6-11,14-16,20,22,38,43H,4-5,12-13,18-19,21H2,1-3H3;(H,6,7);1H/q2*+2;;. The first kappa shape index (κ1) is 78.0. The lowest BCUT2D eigenvalue weighted by Gasteiger charge is -2.33. The summed E-state index contributed by atoms with van der Waals surface area (Å²) in [5.74, 6) is -5.17. The van der Waals surface area contributed by atoms with Gasteiger partial charge in [-0.2, -0.15) is 32.8 Å². The number of thiazole rings is 2. The summed E-state index contributed by atoms with van der Waals surface area (Å²) < 4.78 is 107. The van der Waals surface area contributed by atoms with Crippen molar-refractivity contribution < 1.29 is 79.1 Å². The van der Waals surface area contributed by atoms with Crippen LogP contribution in [0, 0.1) is 73.6 Å². The van der Waals surface area contributed by atoms with E-state index in [9.17, 15) is 52.3 Å². The molecular weight excluding hydrogens is 1410 g/mol. The first-order valence-corrected chi connectivity index (χ1v) is 32.8. The van der Waals surface area contributed by atoms with Gasteiger partial charge >= 0.3 is 36.8 Å². The van der Waals surface area contributed by atoms with E-state index in [1.54, 1.807) is 38.4 Å². The lowest BCUT2D eigenvalue weighted by atomic mass is 10.1.